The summed E-state index contributed by atoms with van der Waals surface area (Å²) in [4.78, 5) is 28.3. The third-order valence-corrected chi connectivity index (χ3v) is 3.97. The summed E-state index contributed by atoms with van der Waals surface area (Å²) < 4.78 is 0. The summed E-state index contributed by atoms with van der Waals surface area (Å²) in [6.45, 7) is 5.74. The summed E-state index contributed by atoms with van der Waals surface area (Å²) >= 11 is 1.63. The molecular weight excluding hydrogens is 264 g/mol. The molecule has 7 heteroatoms. The first-order valence-corrected chi connectivity index (χ1v) is 7.02. The molecule has 2 unspecified atom stereocenters. The highest BCUT2D eigenvalue weighted by molar-refractivity contribution is 7.11. The van der Waals surface area contributed by atoms with Crippen molar-refractivity contribution in [2.24, 2.45) is 0 Å². The van der Waals surface area contributed by atoms with E-state index in [0.29, 0.717) is 0 Å². The number of nitrogens with one attached hydrogen (secondary N) is 3. The Balaban J connectivity index is 2.53. The Bertz CT molecular complexity index is 447. The average Bonchev–Trinajstić information content (AvgIpc) is 2.87. The standard InChI is InChI=1S/C12H20N4O2S/c1-5-9-6-14-11(19-9)8(3)15-7(2)10(17)16-12(18)13-4/h6-8,15H,5H2,1-4H3,(H2,13,16,17,18). The molecule has 0 spiro atoms. The minimum atomic E-state index is -0.506. The fraction of sp³-hybridized carbons (Fsp3) is 0.583. The fourth-order valence-electron chi connectivity index (χ4n) is 1.49. The van der Waals surface area contributed by atoms with Crippen molar-refractivity contribution in [3.63, 3.8) is 0 Å². The first kappa shape index (κ1) is 15.6. The number of rotatable bonds is 5. The monoisotopic (exact) mass is 284 g/mol. The van der Waals surface area contributed by atoms with Crippen molar-refractivity contribution < 1.29 is 9.59 Å². The molecule has 3 amide bonds. The van der Waals surface area contributed by atoms with Crippen LogP contribution < -0.4 is 16.0 Å². The van der Waals surface area contributed by atoms with Crippen LogP contribution in [-0.2, 0) is 11.2 Å². The van der Waals surface area contributed by atoms with Gasteiger partial charge in [-0.25, -0.2) is 9.78 Å². The number of hydrogen-bond acceptors (Lipinski definition) is 5. The lowest BCUT2D eigenvalue weighted by atomic mass is 10.2. The third kappa shape index (κ3) is 4.60. The van der Waals surface area contributed by atoms with Gasteiger partial charge in [-0.1, -0.05) is 6.92 Å². The molecule has 0 bridgehead atoms. The van der Waals surface area contributed by atoms with Gasteiger partial charge in [-0.15, -0.1) is 11.3 Å². The fourth-order valence-corrected chi connectivity index (χ4v) is 2.36. The summed E-state index contributed by atoms with van der Waals surface area (Å²) in [5.41, 5.74) is 0. The zero-order valence-corrected chi connectivity index (χ0v) is 12.4. The van der Waals surface area contributed by atoms with E-state index in [0.717, 1.165) is 11.4 Å². The van der Waals surface area contributed by atoms with Gasteiger partial charge in [0.05, 0.1) is 12.1 Å². The Morgan fingerprint density at radius 1 is 1.42 bits per heavy atom. The van der Waals surface area contributed by atoms with Crippen molar-refractivity contribution >= 4 is 23.3 Å². The molecule has 0 aromatic carbocycles. The minimum Gasteiger partial charge on any atom is -0.341 e. The maximum absolute atomic E-state index is 11.7. The molecule has 3 N–H and O–H groups in total. The Kier molecular flexibility index (Phi) is 5.91. The van der Waals surface area contributed by atoms with Gasteiger partial charge in [-0.3, -0.25) is 15.4 Å². The Labute approximate surface area is 117 Å². The maximum Gasteiger partial charge on any atom is 0.321 e. The van der Waals surface area contributed by atoms with E-state index in [1.54, 1.807) is 18.3 Å². The highest BCUT2D eigenvalue weighted by atomic mass is 32.1. The Hall–Kier alpha value is -1.47. The smallest absolute Gasteiger partial charge is 0.321 e. The van der Waals surface area contributed by atoms with Crippen LogP contribution in [0, 0.1) is 0 Å². The second kappa shape index (κ2) is 7.20. The number of carbonyl (C=O) groups excluding carboxylic acids is 2. The zero-order valence-electron chi connectivity index (χ0n) is 11.6. The van der Waals surface area contributed by atoms with Gasteiger partial charge in [0, 0.05) is 18.1 Å². The minimum absolute atomic E-state index is 0.0317. The molecule has 0 saturated heterocycles. The van der Waals surface area contributed by atoms with Crippen molar-refractivity contribution in [2.75, 3.05) is 7.05 Å². The normalized spacial score (nSPS) is 13.7. The molecule has 1 aromatic rings. The molecule has 6 nitrogen and oxygen atoms in total. The zero-order chi connectivity index (χ0) is 14.4. The summed E-state index contributed by atoms with van der Waals surface area (Å²) in [5.74, 6) is -0.363. The molecule has 106 valence electrons. The van der Waals surface area contributed by atoms with E-state index < -0.39 is 12.1 Å². The van der Waals surface area contributed by atoms with Crippen molar-refractivity contribution in [1.29, 1.82) is 0 Å². The molecule has 0 saturated carbocycles. The predicted molar refractivity (Wildman–Crippen MR) is 75.1 cm³/mol. The Morgan fingerprint density at radius 2 is 2.11 bits per heavy atom. The van der Waals surface area contributed by atoms with Gasteiger partial charge in [0.25, 0.3) is 0 Å². The van der Waals surface area contributed by atoms with Crippen LogP contribution in [0.5, 0.6) is 0 Å². The van der Waals surface area contributed by atoms with Crippen LogP contribution in [-0.4, -0.2) is 30.0 Å². The summed E-state index contributed by atoms with van der Waals surface area (Å²) in [7, 11) is 1.46. The lowest BCUT2D eigenvalue weighted by molar-refractivity contribution is -0.121. The van der Waals surface area contributed by atoms with Crippen LogP contribution >= 0.6 is 11.3 Å². The number of aromatic nitrogens is 1. The SMILES string of the molecule is CCc1cnc(C(C)NC(C)C(=O)NC(=O)NC)s1. The molecule has 1 rings (SSSR count). The van der Waals surface area contributed by atoms with Gasteiger partial charge in [0.15, 0.2) is 0 Å². The second-order valence-electron chi connectivity index (χ2n) is 4.20. The van der Waals surface area contributed by atoms with E-state index >= 15 is 0 Å². The van der Waals surface area contributed by atoms with Gasteiger partial charge in [-0.2, -0.15) is 0 Å². The summed E-state index contributed by atoms with van der Waals surface area (Å²) in [5, 5.41) is 8.63. The van der Waals surface area contributed by atoms with Crippen molar-refractivity contribution in [3.05, 3.63) is 16.1 Å². The van der Waals surface area contributed by atoms with Gasteiger partial charge in [-0.05, 0) is 20.3 Å². The summed E-state index contributed by atoms with van der Waals surface area (Å²) in [6, 6.07) is -1.01. The highest BCUT2D eigenvalue weighted by Gasteiger charge is 2.19. The lowest BCUT2D eigenvalue weighted by Crippen LogP contribution is -2.47. The van der Waals surface area contributed by atoms with Crippen LogP contribution in [0.15, 0.2) is 6.20 Å². The topological polar surface area (TPSA) is 83.1 Å². The molecule has 0 aliphatic carbocycles. The van der Waals surface area contributed by atoms with E-state index in [2.05, 4.69) is 27.9 Å². The average molecular weight is 284 g/mol. The lowest BCUT2D eigenvalue weighted by Gasteiger charge is -2.17. The number of urea groups is 1. The summed E-state index contributed by atoms with van der Waals surface area (Å²) in [6.07, 6.45) is 2.81. The molecule has 0 aliphatic heterocycles. The second-order valence-corrected chi connectivity index (χ2v) is 5.34. The van der Waals surface area contributed by atoms with E-state index in [1.165, 1.54) is 11.9 Å². The number of nitrogens with zero attached hydrogens (tertiary/aromatic N) is 1. The van der Waals surface area contributed by atoms with Crippen molar-refractivity contribution in [1.82, 2.24) is 20.9 Å². The first-order chi connectivity index (χ1) is 8.97. The molecule has 0 aliphatic rings. The quantitative estimate of drug-likeness (QED) is 0.758. The van der Waals surface area contributed by atoms with Crippen LogP contribution in [0.3, 0.4) is 0 Å². The molecule has 1 heterocycles. The molecule has 0 radical (unpaired) electrons. The third-order valence-electron chi connectivity index (χ3n) is 2.65. The molecule has 2 atom stereocenters. The van der Waals surface area contributed by atoms with Crippen LogP contribution in [0.1, 0.15) is 36.7 Å². The number of amides is 3. The molecule has 1 aromatic heterocycles. The predicted octanol–water partition coefficient (Wildman–Crippen LogP) is 1.20. The number of carbonyl (C=O) groups is 2. The number of thiazole rings is 1. The van der Waals surface area contributed by atoms with Crippen LogP contribution in [0.25, 0.3) is 0 Å². The van der Waals surface area contributed by atoms with Crippen molar-refractivity contribution in [2.45, 2.75) is 39.3 Å². The van der Waals surface area contributed by atoms with Gasteiger partial charge >= 0.3 is 6.03 Å². The molecular formula is C12H20N4O2S. The Morgan fingerprint density at radius 3 is 2.63 bits per heavy atom. The van der Waals surface area contributed by atoms with Gasteiger partial charge in [0.1, 0.15) is 5.01 Å². The van der Waals surface area contributed by atoms with Crippen LogP contribution in [0.4, 0.5) is 4.79 Å². The molecule has 19 heavy (non-hydrogen) atoms. The molecule has 0 fully saturated rings. The highest BCUT2D eigenvalue weighted by Crippen LogP contribution is 2.20. The number of hydrogen-bond donors (Lipinski definition) is 3. The largest absolute Gasteiger partial charge is 0.341 e. The van der Waals surface area contributed by atoms with Crippen LogP contribution in [0.2, 0.25) is 0 Å². The van der Waals surface area contributed by atoms with E-state index in [4.69, 9.17) is 0 Å². The first-order valence-electron chi connectivity index (χ1n) is 6.21. The van der Waals surface area contributed by atoms with E-state index in [-0.39, 0.29) is 11.9 Å². The van der Waals surface area contributed by atoms with Gasteiger partial charge < -0.3 is 5.32 Å². The van der Waals surface area contributed by atoms with Gasteiger partial charge in [0.2, 0.25) is 5.91 Å². The van der Waals surface area contributed by atoms with Crippen molar-refractivity contribution in [3.8, 4) is 0 Å². The van der Waals surface area contributed by atoms with E-state index in [9.17, 15) is 9.59 Å². The number of imide groups is 1. The number of aryl methyl sites for hydroxylation is 1. The van der Waals surface area contributed by atoms with E-state index in [1.807, 2.05) is 13.1 Å². The maximum atomic E-state index is 11.7.